The zero-order valence-electron chi connectivity index (χ0n) is 12.8. The van der Waals surface area contributed by atoms with Gasteiger partial charge < -0.3 is 20.5 Å². The Morgan fingerprint density at radius 2 is 2.09 bits per heavy atom. The SMILES string of the molecule is CCCC(N)C(=O)NCCc1ccc(OC)c(OC(F)F)c1. The highest BCUT2D eigenvalue weighted by atomic mass is 19.3. The maximum atomic E-state index is 12.3. The van der Waals surface area contributed by atoms with E-state index < -0.39 is 12.7 Å². The Labute approximate surface area is 128 Å². The first kappa shape index (κ1) is 18.2. The summed E-state index contributed by atoms with van der Waals surface area (Å²) in [5.74, 6) is 0.00137. The van der Waals surface area contributed by atoms with Crippen LogP contribution in [0.3, 0.4) is 0 Å². The highest BCUT2D eigenvalue weighted by Crippen LogP contribution is 2.29. The summed E-state index contributed by atoms with van der Waals surface area (Å²) in [6, 6.07) is 4.24. The van der Waals surface area contributed by atoms with Gasteiger partial charge in [0.15, 0.2) is 11.5 Å². The number of carbonyl (C=O) groups excluding carboxylic acids is 1. The molecule has 0 spiro atoms. The summed E-state index contributed by atoms with van der Waals surface area (Å²) in [5.41, 5.74) is 6.44. The van der Waals surface area contributed by atoms with E-state index in [4.69, 9.17) is 10.5 Å². The van der Waals surface area contributed by atoms with Crippen molar-refractivity contribution in [2.75, 3.05) is 13.7 Å². The number of methoxy groups -OCH3 is 1. The van der Waals surface area contributed by atoms with Gasteiger partial charge >= 0.3 is 6.61 Å². The zero-order chi connectivity index (χ0) is 16.5. The number of hydrogen-bond acceptors (Lipinski definition) is 4. The Morgan fingerprint density at radius 3 is 2.68 bits per heavy atom. The fraction of sp³-hybridized carbons (Fsp3) is 0.533. The highest BCUT2D eigenvalue weighted by Gasteiger charge is 2.13. The predicted molar refractivity (Wildman–Crippen MR) is 79.2 cm³/mol. The molecule has 1 aromatic rings. The molecule has 1 rings (SSSR count). The molecule has 0 fully saturated rings. The Morgan fingerprint density at radius 1 is 1.36 bits per heavy atom. The lowest BCUT2D eigenvalue weighted by atomic mass is 10.1. The molecule has 0 aliphatic heterocycles. The molecule has 0 aliphatic carbocycles. The molecule has 0 bridgehead atoms. The number of hydrogen-bond donors (Lipinski definition) is 2. The van der Waals surface area contributed by atoms with Crippen LogP contribution in [-0.2, 0) is 11.2 Å². The summed E-state index contributed by atoms with van der Waals surface area (Å²) < 4.78 is 34.0. The molecular weight excluding hydrogens is 294 g/mol. The quantitative estimate of drug-likeness (QED) is 0.731. The van der Waals surface area contributed by atoms with Gasteiger partial charge in [-0.2, -0.15) is 8.78 Å². The van der Waals surface area contributed by atoms with Crippen LogP contribution in [0, 0.1) is 0 Å². The van der Waals surface area contributed by atoms with Crippen molar-refractivity contribution in [3.63, 3.8) is 0 Å². The summed E-state index contributed by atoms with van der Waals surface area (Å²) in [6.07, 6.45) is 1.94. The molecular formula is C15H22F2N2O3. The second-order valence-electron chi connectivity index (χ2n) is 4.80. The van der Waals surface area contributed by atoms with Crippen LogP contribution in [0.25, 0.3) is 0 Å². The predicted octanol–water partition coefficient (Wildman–Crippen LogP) is 2.08. The first-order valence-electron chi connectivity index (χ1n) is 7.13. The summed E-state index contributed by atoms with van der Waals surface area (Å²) in [4.78, 5) is 11.7. The Bertz CT molecular complexity index is 484. The van der Waals surface area contributed by atoms with Crippen LogP contribution in [-0.4, -0.2) is 32.2 Å². The highest BCUT2D eigenvalue weighted by molar-refractivity contribution is 5.81. The van der Waals surface area contributed by atoms with Crippen molar-refractivity contribution < 1.29 is 23.0 Å². The monoisotopic (exact) mass is 316 g/mol. The van der Waals surface area contributed by atoms with E-state index in [1.165, 1.54) is 13.2 Å². The van der Waals surface area contributed by atoms with Crippen LogP contribution in [0.5, 0.6) is 11.5 Å². The van der Waals surface area contributed by atoms with E-state index in [1.807, 2.05) is 6.92 Å². The van der Waals surface area contributed by atoms with Gasteiger partial charge in [0.05, 0.1) is 13.2 Å². The second-order valence-corrected chi connectivity index (χ2v) is 4.80. The van der Waals surface area contributed by atoms with Crippen molar-refractivity contribution in [2.45, 2.75) is 38.8 Å². The first-order valence-corrected chi connectivity index (χ1v) is 7.13. The molecule has 0 aliphatic rings. The van der Waals surface area contributed by atoms with Gasteiger partial charge in [-0.1, -0.05) is 19.4 Å². The molecule has 1 atom stereocenters. The van der Waals surface area contributed by atoms with Crippen LogP contribution in [0.2, 0.25) is 0 Å². The van der Waals surface area contributed by atoms with Gasteiger partial charge in [0.2, 0.25) is 5.91 Å². The summed E-state index contributed by atoms with van der Waals surface area (Å²) in [7, 11) is 1.38. The molecule has 0 heterocycles. The smallest absolute Gasteiger partial charge is 0.387 e. The molecule has 3 N–H and O–H groups in total. The molecule has 5 nitrogen and oxygen atoms in total. The van der Waals surface area contributed by atoms with Crippen LogP contribution in [0.4, 0.5) is 8.78 Å². The number of ether oxygens (including phenoxy) is 2. The molecule has 0 aromatic heterocycles. The van der Waals surface area contributed by atoms with E-state index in [0.29, 0.717) is 19.4 Å². The van der Waals surface area contributed by atoms with Crippen molar-refractivity contribution in [3.05, 3.63) is 23.8 Å². The second kappa shape index (κ2) is 9.19. The van der Waals surface area contributed by atoms with Gasteiger partial charge in [-0.25, -0.2) is 0 Å². The number of benzene rings is 1. The molecule has 0 saturated carbocycles. The number of nitrogens with two attached hydrogens (primary N) is 1. The maximum absolute atomic E-state index is 12.3. The molecule has 1 aromatic carbocycles. The van der Waals surface area contributed by atoms with E-state index in [1.54, 1.807) is 12.1 Å². The van der Waals surface area contributed by atoms with Crippen molar-refractivity contribution in [2.24, 2.45) is 5.73 Å². The van der Waals surface area contributed by atoms with Crippen LogP contribution in [0.1, 0.15) is 25.3 Å². The van der Waals surface area contributed by atoms with Crippen LogP contribution in [0.15, 0.2) is 18.2 Å². The Kier molecular flexibility index (Phi) is 7.59. The van der Waals surface area contributed by atoms with E-state index in [-0.39, 0.29) is 17.4 Å². The molecule has 22 heavy (non-hydrogen) atoms. The fourth-order valence-corrected chi connectivity index (χ4v) is 1.97. The van der Waals surface area contributed by atoms with Gasteiger partial charge in [0.25, 0.3) is 0 Å². The third-order valence-corrected chi connectivity index (χ3v) is 3.09. The molecule has 0 saturated heterocycles. The third-order valence-electron chi connectivity index (χ3n) is 3.09. The minimum atomic E-state index is -2.92. The minimum Gasteiger partial charge on any atom is -0.493 e. The van der Waals surface area contributed by atoms with E-state index in [0.717, 1.165) is 12.0 Å². The molecule has 124 valence electrons. The number of rotatable bonds is 9. The van der Waals surface area contributed by atoms with Crippen molar-refractivity contribution in [1.29, 1.82) is 0 Å². The van der Waals surface area contributed by atoms with Crippen molar-refractivity contribution in [1.82, 2.24) is 5.32 Å². The number of nitrogens with one attached hydrogen (secondary N) is 1. The lowest BCUT2D eigenvalue weighted by Crippen LogP contribution is -2.41. The lowest BCUT2D eigenvalue weighted by molar-refractivity contribution is -0.122. The molecule has 7 heteroatoms. The van der Waals surface area contributed by atoms with Crippen molar-refractivity contribution in [3.8, 4) is 11.5 Å². The van der Waals surface area contributed by atoms with Crippen molar-refractivity contribution >= 4 is 5.91 Å². The van der Waals surface area contributed by atoms with E-state index in [2.05, 4.69) is 10.1 Å². The summed E-state index contributed by atoms with van der Waals surface area (Å²) >= 11 is 0. The number of amides is 1. The first-order chi connectivity index (χ1) is 10.5. The van der Waals surface area contributed by atoms with E-state index >= 15 is 0 Å². The fourth-order valence-electron chi connectivity index (χ4n) is 1.97. The van der Waals surface area contributed by atoms with Gasteiger partial charge in [-0.15, -0.1) is 0 Å². The standard InChI is InChI=1S/C15H22F2N2O3/c1-3-4-11(18)14(20)19-8-7-10-5-6-12(21-2)13(9-10)22-15(16)17/h5-6,9,11,15H,3-4,7-8,18H2,1-2H3,(H,19,20). The molecule has 1 amide bonds. The number of carbonyl (C=O) groups is 1. The minimum absolute atomic E-state index is 0.0241. The maximum Gasteiger partial charge on any atom is 0.387 e. The average Bonchev–Trinajstić information content (AvgIpc) is 2.47. The molecule has 1 unspecified atom stereocenters. The van der Waals surface area contributed by atoms with Gasteiger partial charge in [-0.05, 0) is 30.5 Å². The lowest BCUT2D eigenvalue weighted by Gasteiger charge is -2.13. The Balaban J connectivity index is 2.57. The van der Waals surface area contributed by atoms with Gasteiger partial charge in [-0.3, -0.25) is 4.79 Å². The average molecular weight is 316 g/mol. The zero-order valence-corrected chi connectivity index (χ0v) is 12.8. The Hall–Kier alpha value is -1.89. The number of halogens is 2. The van der Waals surface area contributed by atoms with Gasteiger partial charge in [0.1, 0.15) is 0 Å². The van der Waals surface area contributed by atoms with Gasteiger partial charge in [0, 0.05) is 6.54 Å². The normalized spacial score (nSPS) is 12.1. The largest absolute Gasteiger partial charge is 0.493 e. The van der Waals surface area contributed by atoms with E-state index in [9.17, 15) is 13.6 Å². The topological polar surface area (TPSA) is 73.6 Å². The molecule has 0 radical (unpaired) electrons. The van der Waals surface area contributed by atoms with Crippen LogP contribution >= 0.6 is 0 Å². The summed E-state index contributed by atoms with van der Waals surface area (Å²) in [6.45, 7) is -0.595. The number of alkyl halides is 2. The van der Waals surface area contributed by atoms with Crippen LogP contribution < -0.4 is 20.5 Å². The third kappa shape index (κ3) is 5.85. The summed E-state index contributed by atoms with van der Waals surface area (Å²) in [5, 5.41) is 2.72.